The van der Waals surface area contributed by atoms with Crippen LogP contribution in [0.25, 0.3) is 11.0 Å². The maximum atomic E-state index is 12.1. The van der Waals surface area contributed by atoms with E-state index in [0.717, 1.165) is 15.9 Å². The minimum absolute atomic E-state index is 0.00551. The van der Waals surface area contributed by atoms with Crippen LogP contribution in [0.4, 0.5) is 0 Å². The summed E-state index contributed by atoms with van der Waals surface area (Å²) in [5, 5.41) is 5.02. The minimum atomic E-state index is -0.00551. The fourth-order valence-corrected chi connectivity index (χ4v) is 2.92. The summed E-state index contributed by atoms with van der Waals surface area (Å²) < 4.78 is 1.87. The third-order valence-corrected chi connectivity index (χ3v) is 4.24. The normalized spacial score (nSPS) is 12.4. The first-order valence-corrected chi connectivity index (χ1v) is 7.34. The maximum absolute atomic E-state index is 12.1. The van der Waals surface area contributed by atoms with Crippen molar-refractivity contribution in [2.75, 3.05) is 0 Å². The van der Waals surface area contributed by atoms with Crippen LogP contribution in [-0.4, -0.2) is 15.5 Å². The van der Waals surface area contributed by atoms with Crippen molar-refractivity contribution in [3.8, 4) is 0 Å². The highest BCUT2D eigenvalue weighted by Crippen LogP contribution is 2.18. The van der Waals surface area contributed by atoms with Crippen molar-refractivity contribution in [3.05, 3.63) is 53.0 Å². The van der Waals surface area contributed by atoms with Gasteiger partial charge in [0.2, 0.25) is 5.91 Å². The molecule has 1 aromatic carbocycles. The monoisotopic (exact) mass is 285 g/mol. The quantitative estimate of drug-likeness (QED) is 0.801. The van der Waals surface area contributed by atoms with Crippen LogP contribution in [0, 0.1) is 0 Å². The van der Waals surface area contributed by atoms with E-state index in [-0.39, 0.29) is 18.5 Å². The SMILES string of the molecule is CC(NC(=O)Cn1cnc2ccccc21)c1cccs1. The largest absolute Gasteiger partial charge is 0.347 e. The molecule has 4 nitrogen and oxygen atoms in total. The average Bonchev–Trinajstić information content (AvgIpc) is 3.09. The third-order valence-electron chi connectivity index (χ3n) is 3.19. The number of carbonyl (C=O) groups is 1. The van der Waals surface area contributed by atoms with Crippen LogP contribution in [0.15, 0.2) is 48.1 Å². The van der Waals surface area contributed by atoms with Crippen molar-refractivity contribution in [2.24, 2.45) is 0 Å². The van der Waals surface area contributed by atoms with E-state index in [2.05, 4.69) is 10.3 Å². The predicted molar refractivity (Wildman–Crippen MR) is 80.6 cm³/mol. The fourth-order valence-electron chi connectivity index (χ4n) is 2.19. The van der Waals surface area contributed by atoms with E-state index in [1.54, 1.807) is 17.7 Å². The lowest BCUT2D eigenvalue weighted by Gasteiger charge is -2.12. The lowest BCUT2D eigenvalue weighted by Crippen LogP contribution is -2.29. The zero-order chi connectivity index (χ0) is 13.9. The van der Waals surface area contributed by atoms with Gasteiger partial charge in [-0.3, -0.25) is 4.79 Å². The fraction of sp³-hybridized carbons (Fsp3) is 0.200. The van der Waals surface area contributed by atoms with Gasteiger partial charge >= 0.3 is 0 Å². The number of amides is 1. The molecule has 0 radical (unpaired) electrons. The highest BCUT2D eigenvalue weighted by atomic mass is 32.1. The van der Waals surface area contributed by atoms with Crippen LogP contribution >= 0.6 is 11.3 Å². The Labute approximate surface area is 121 Å². The Morgan fingerprint density at radius 2 is 2.20 bits per heavy atom. The molecule has 0 saturated carbocycles. The first-order valence-electron chi connectivity index (χ1n) is 6.46. The van der Waals surface area contributed by atoms with Crippen molar-refractivity contribution in [3.63, 3.8) is 0 Å². The average molecular weight is 285 g/mol. The number of fused-ring (bicyclic) bond motifs is 1. The first kappa shape index (κ1) is 12.9. The zero-order valence-electron chi connectivity index (χ0n) is 11.1. The summed E-state index contributed by atoms with van der Waals surface area (Å²) in [6.45, 7) is 2.28. The van der Waals surface area contributed by atoms with E-state index >= 15 is 0 Å². The molecule has 0 aliphatic rings. The second-order valence-electron chi connectivity index (χ2n) is 4.67. The van der Waals surface area contributed by atoms with Gasteiger partial charge in [0, 0.05) is 4.88 Å². The van der Waals surface area contributed by atoms with Gasteiger partial charge in [0.25, 0.3) is 0 Å². The number of carbonyl (C=O) groups excluding carboxylic acids is 1. The summed E-state index contributed by atoms with van der Waals surface area (Å²) in [5.41, 5.74) is 1.89. The molecule has 1 atom stereocenters. The Morgan fingerprint density at radius 3 is 3.00 bits per heavy atom. The number of para-hydroxylation sites is 2. The van der Waals surface area contributed by atoms with Crippen LogP contribution in [0.3, 0.4) is 0 Å². The molecule has 5 heteroatoms. The van der Waals surface area contributed by atoms with Gasteiger partial charge in [-0.15, -0.1) is 11.3 Å². The molecule has 0 bridgehead atoms. The second-order valence-corrected chi connectivity index (χ2v) is 5.65. The number of nitrogens with zero attached hydrogens (tertiary/aromatic N) is 2. The molecule has 102 valence electrons. The van der Waals surface area contributed by atoms with Crippen LogP contribution in [0.1, 0.15) is 17.8 Å². The van der Waals surface area contributed by atoms with Gasteiger partial charge in [0.1, 0.15) is 6.54 Å². The van der Waals surface area contributed by atoms with E-state index in [1.807, 2.05) is 53.3 Å². The van der Waals surface area contributed by atoms with Crippen molar-refractivity contribution >= 4 is 28.3 Å². The highest BCUT2D eigenvalue weighted by molar-refractivity contribution is 7.10. The molecule has 2 aromatic heterocycles. The number of thiophene rings is 1. The second kappa shape index (κ2) is 5.46. The molecule has 1 amide bonds. The molecule has 3 aromatic rings. The van der Waals surface area contributed by atoms with Crippen LogP contribution in [-0.2, 0) is 11.3 Å². The van der Waals surface area contributed by atoms with Gasteiger partial charge in [-0.05, 0) is 30.5 Å². The number of hydrogen-bond donors (Lipinski definition) is 1. The van der Waals surface area contributed by atoms with E-state index in [0.29, 0.717) is 0 Å². The molecule has 0 spiro atoms. The number of aromatic nitrogens is 2. The maximum Gasteiger partial charge on any atom is 0.240 e. The Balaban J connectivity index is 1.70. The minimum Gasteiger partial charge on any atom is -0.347 e. The molecule has 1 unspecified atom stereocenters. The van der Waals surface area contributed by atoms with Crippen LogP contribution < -0.4 is 5.32 Å². The topological polar surface area (TPSA) is 46.9 Å². The molecule has 3 rings (SSSR count). The van der Waals surface area contributed by atoms with E-state index in [4.69, 9.17) is 0 Å². The highest BCUT2D eigenvalue weighted by Gasteiger charge is 2.11. The van der Waals surface area contributed by atoms with E-state index in [9.17, 15) is 4.79 Å². The molecule has 0 aliphatic heterocycles. The van der Waals surface area contributed by atoms with E-state index in [1.165, 1.54) is 0 Å². The molecule has 0 aliphatic carbocycles. The van der Waals surface area contributed by atoms with Crippen molar-refractivity contribution < 1.29 is 4.79 Å². The van der Waals surface area contributed by atoms with E-state index < -0.39 is 0 Å². The lowest BCUT2D eigenvalue weighted by atomic mass is 10.2. The molecular weight excluding hydrogens is 270 g/mol. The standard InChI is InChI=1S/C15H15N3OS/c1-11(14-7-4-8-20-14)17-15(19)9-18-10-16-12-5-2-3-6-13(12)18/h2-8,10-11H,9H2,1H3,(H,17,19). The van der Waals surface area contributed by atoms with Crippen LogP contribution in [0.2, 0.25) is 0 Å². The number of rotatable bonds is 4. The van der Waals surface area contributed by atoms with Gasteiger partial charge < -0.3 is 9.88 Å². The number of nitrogens with one attached hydrogen (secondary N) is 1. The zero-order valence-corrected chi connectivity index (χ0v) is 11.9. The molecule has 0 saturated heterocycles. The van der Waals surface area contributed by atoms with Crippen LogP contribution in [0.5, 0.6) is 0 Å². The molecule has 20 heavy (non-hydrogen) atoms. The van der Waals surface area contributed by atoms with Gasteiger partial charge in [0.05, 0.1) is 23.4 Å². The summed E-state index contributed by atoms with van der Waals surface area (Å²) in [4.78, 5) is 17.6. The summed E-state index contributed by atoms with van der Waals surface area (Å²) in [7, 11) is 0. The predicted octanol–water partition coefficient (Wildman–Crippen LogP) is 2.98. The van der Waals surface area contributed by atoms with Gasteiger partial charge in [-0.25, -0.2) is 4.98 Å². The Hall–Kier alpha value is -2.14. The van der Waals surface area contributed by atoms with Crippen molar-refractivity contribution in [2.45, 2.75) is 19.5 Å². The Bertz CT molecular complexity index is 718. The summed E-state index contributed by atoms with van der Waals surface area (Å²) >= 11 is 1.65. The summed E-state index contributed by atoms with van der Waals surface area (Å²) in [6, 6.07) is 11.9. The summed E-state index contributed by atoms with van der Waals surface area (Å²) in [6.07, 6.45) is 1.71. The Morgan fingerprint density at radius 1 is 1.35 bits per heavy atom. The number of imidazole rings is 1. The Kier molecular flexibility index (Phi) is 3.52. The smallest absolute Gasteiger partial charge is 0.240 e. The van der Waals surface area contributed by atoms with Crippen molar-refractivity contribution in [1.29, 1.82) is 0 Å². The molecule has 0 fully saturated rings. The summed E-state index contributed by atoms with van der Waals surface area (Å²) in [5.74, 6) is -0.00551. The third kappa shape index (κ3) is 2.58. The molecule has 1 N–H and O–H groups in total. The first-order chi connectivity index (χ1) is 9.74. The van der Waals surface area contributed by atoms with Gasteiger partial charge in [-0.2, -0.15) is 0 Å². The molecule has 2 heterocycles. The number of benzene rings is 1. The van der Waals surface area contributed by atoms with Crippen molar-refractivity contribution in [1.82, 2.24) is 14.9 Å². The van der Waals surface area contributed by atoms with Gasteiger partial charge in [-0.1, -0.05) is 18.2 Å². The molecular formula is C15H15N3OS. The number of hydrogen-bond acceptors (Lipinski definition) is 3. The lowest BCUT2D eigenvalue weighted by molar-refractivity contribution is -0.122. The van der Waals surface area contributed by atoms with Gasteiger partial charge in [0.15, 0.2) is 0 Å².